The average molecular weight is 344 g/mol. The lowest BCUT2D eigenvalue weighted by Crippen LogP contribution is -2.43. The number of aromatic nitrogens is 1. The second-order valence-electron chi connectivity index (χ2n) is 4.76. The number of halogens is 2. The summed E-state index contributed by atoms with van der Waals surface area (Å²) in [5.74, 6) is -0.0786. The largest absolute Gasteiger partial charge is 0.380 e. The maximum absolute atomic E-state index is 11.9. The molecule has 0 fully saturated rings. The Morgan fingerprint density at radius 2 is 2.15 bits per heavy atom. The summed E-state index contributed by atoms with van der Waals surface area (Å²) in [6, 6.07) is 0. The Hall–Kier alpha value is -0.400. The van der Waals surface area contributed by atoms with Crippen LogP contribution < -0.4 is 11.1 Å². The Balaban J connectivity index is 0. The molecule has 0 radical (unpaired) electrons. The Kier molecular flexibility index (Phi) is 10.4. The van der Waals surface area contributed by atoms with Crippen molar-refractivity contribution in [3.63, 3.8) is 0 Å². The molecule has 0 aliphatic rings. The van der Waals surface area contributed by atoms with E-state index in [2.05, 4.69) is 10.3 Å². The molecule has 8 heteroatoms. The monoisotopic (exact) mass is 343 g/mol. The number of nitrogens with two attached hydrogens (primary N) is 1. The van der Waals surface area contributed by atoms with Gasteiger partial charge in [0.25, 0.3) is 0 Å². The molecule has 0 aliphatic heterocycles. The minimum atomic E-state index is -0.469. The number of carbonyl (C=O) groups excluding carboxylic acids is 1. The first kappa shape index (κ1) is 21.9. The van der Waals surface area contributed by atoms with Gasteiger partial charge in [0.1, 0.15) is 5.01 Å². The quantitative estimate of drug-likeness (QED) is 0.828. The van der Waals surface area contributed by atoms with E-state index in [0.29, 0.717) is 6.54 Å². The summed E-state index contributed by atoms with van der Waals surface area (Å²) in [4.78, 5) is 16.3. The zero-order valence-electron chi connectivity index (χ0n) is 12.1. The van der Waals surface area contributed by atoms with Crippen molar-refractivity contribution >= 4 is 42.1 Å². The van der Waals surface area contributed by atoms with Gasteiger partial charge < -0.3 is 15.8 Å². The van der Waals surface area contributed by atoms with Crippen molar-refractivity contribution in [1.29, 1.82) is 0 Å². The fraction of sp³-hybridized carbons (Fsp3) is 0.667. The number of hydrogen-bond acceptors (Lipinski definition) is 5. The van der Waals surface area contributed by atoms with Gasteiger partial charge in [0, 0.05) is 24.7 Å². The van der Waals surface area contributed by atoms with Crippen molar-refractivity contribution in [2.24, 2.45) is 5.73 Å². The van der Waals surface area contributed by atoms with E-state index < -0.39 is 5.54 Å². The van der Waals surface area contributed by atoms with Gasteiger partial charge in [-0.15, -0.1) is 36.2 Å². The lowest BCUT2D eigenvalue weighted by atomic mass is 10.1. The van der Waals surface area contributed by atoms with Crippen LogP contribution in [0.1, 0.15) is 31.0 Å². The van der Waals surface area contributed by atoms with Crippen LogP contribution in [-0.2, 0) is 15.1 Å². The smallest absolute Gasteiger partial charge is 0.223 e. The van der Waals surface area contributed by atoms with Crippen LogP contribution in [0.3, 0.4) is 0 Å². The van der Waals surface area contributed by atoms with Gasteiger partial charge in [0.15, 0.2) is 0 Å². The summed E-state index contributed by atoms with van der Waals surface area (Å²) in [5, 5.41) is 5.83. The number of methoxy groups -OCH3 is 1. The van der Waals surface area contributed by atoms with E-state index in [0.717, 1.165) is 10.7 Å². The van der Waals surface area contributed by atoms with Crippen LogP contribution in [0.2, 0.25) is 0 Å². The van der Waals surface area contributed by atoms with Crippen molar-refractivity contribution in [1.82, 2.24) is 10.3 Å². The highest BCUT2D eigenvalue weighted by Crippen LogP contribution is 2.23. The highest BCUT2D eigenvalue weighted by Gasteiger charge is 2.26. The van der Waals surface area contributed by atoms with E-state index in [1.54, 1.807) is 18.4 Å². The Labute approximate surface area is 136 Å². The summed E-state index contributed by atoms with van der Waals surface area (Å²) in [6.07, 6.45) is 0.0275. The number of nitrogens with one attached hydrogen (secondary N) is 1. The first-order valence-corrected chi connectivity index (χ1v) is 6.73. The van der Waals surface area contributed by atoms with Gasteiger partial charge in [-0.25, -0.2) is 4.98 Å². The lowest BCUT2D eigenvalue weighted by Gasteiger charge is -2.25. The summed E-state index contributed by atoms with van der Waals surface area (Å²) in [7, 11) is 1.56. The second kappa shape index (κ2) is 9.52. The molecule has 1 aromatic heterocycles. The Morgan fingerprint density at radius 1 is 1.55 bits per heavy atom. The van der Waals surface area contributed by atoms with E-state index >= 15 is 0 Å². The molecule has 20 heavy (non-hydrogen) atoms. The van der Waals surface area contributed by atoms with Crippen molar-refractivity contribution in [3.8, 4) is 0 Å². The molecule has 1 unspecified atom stereocenters. The normalized spacial score (nSPS) is 12.1. The summed E-state index contributed by atoms with van der Waals surface area (Å²) < 4.78 is 5.10. The van der Waals surface area contributed by atoms with Crippen molar-refractivity contribution < 1.29 is 9.53 Å². The topological polar surface area (TPSA) is 77.2 Å². The maximum Gasteiger partial charge on any atom is 0.223 e. The van der Waals surface area contributed by atoms with Gasteiger partial charge in [-0.3, -0.25) is 4.79 Å². The molecular weight excluding hydrogens is 321 g/mol. The molecule has 0 aliphatic carbocycles. The Bertz CT molecular complexity index is 409. The molecule has 118 valence electrons. The highest BCUT2D eigenvalue weighted by atomic mass is 35.5. The predicted molar refractivity (Wildman–Crippen MR) is 87.0 cm³/mol. The summed E-state index contributed by atoms with van der Waals surface area (Å²) in [5.41, 5.74) is 5.99. The number of thiazole rings is 1. The molecule has 1 rings (SSSR count). The first-order chi connectivity index (χ1) is 8.39. The maximum atomic E-state index is 11.9. The molecule has 5 nitrogen and oxygen atoms in total. The Morgan fingerprint density at radius 3 is 2.55 bits per heavy atom. The number of hydrogen-bond donors (Lipinski definition) is 2. The molecule has 0 spiro atoms. The first-order valence-electron chi connectivity index (χ1n) is 5.85. The van der Waals surface area contributed by atoms with Crippen LogP contribution in [0.5, 0.6) is 0 Å². The lowest BCUT2D eigenvalue weighted by molar-refractivity contribution is -0.125. The number of amides is 1. The molecule has 0 aromatic carbocycles. The fourth-order valence-electron chi connectivity index (χ4n) is 1.56. The number of ether oxygens (including phenoxy) is 1. The molecule has 3 N–H and O–H groups in total. The molecule has 0 saturated heterocycles. The van der Waals surface area contributed by atoms with E-state index in [1.807, 2.05) is 26.2 Å². The summed E-state index contributed by atoms with van der Waals surface area (Å²) in [6.45, 7) is 6.15. The van der Waals surface area contributed by atoms with Gasteiger partial charge in [-0.05, 0) is 20.8 Å². The van der Waals surface area contributed by atoms with Crippen molar-refractivity contribution in [3.05, 3.63) is 16.1 Å². The zero-order chi connectivity index (χ0) is 13.8. The van der Waals surface area contributed by atoms with Crippen LogP contribution in [0.4, 0.5) is 0 Å². The highest BCUT2D eigenvalue weighted by molar-refractivity contribution is 7.09. The molecular formula is C12H23Cl2N3O2S. The van der Waals surface area contributed by atoms with Crippen LogP contribution in [0, 0.1) is 6.92 Å². The van der Waals surface area contributed by atoms with Crippen LogP contribution in [0.25, 0.3) is 0 Å². The molecule has 1 heterocycles. The number of rotatable bonds is 6. The number of aryl methyl sites for hydroxylation is 1. The average Bonchev–Trinajstić information content (AvgIpc) is 2.73. The van der Waals surface area contributed by atoms with Gasteiger partial charge in [-0.1, -0.05) is 0 Å². The number of nitrogens with zero attached hydrogens (tertiary/aromatic N) is 1. The molecule has 1 atom stereocenters. The second-order valence-corrected chi connectivity index (χ2v) is 5.62. The third-order valence-electron chi connectivity index (χ3n) is 2.61. The molecule has 0 saturated carbocycles. The third-order valence-corrected chi connectivity index (χ3v) is 3.90. The molecule has 0 bridgehead atoms. The van der Waals surface area contributed by atoms with Crippen molar-refractivity contribution in [2.45, 2.75) is 38.8 Å². The van der Waals surface area contributed by atoms with E-state index in [-0.39, 0.29) is 43.2 Å². The summed E-state index contributed by atoms with van der Waals surface area (Å²) >= 11 is 1.55. The third kappa shape index (κ3) is 6.37. The molecule has 1 aromatic rings. The van der Waals surface area contributed by atoms with Gasteiger partial charge in [0.05, 0.1) is 18.1 Å². The predicted octanol–water partition coefficient (Wildman–Crippen LogP) is 2.01. The van der Waals surface area contributed by atoms with E-state index in [9.17, 15) is 4.79 Å². The van der Waals surface area contributed by atoms with Crippen LogP contribution in [-0.4, -0.2) is 30.6 Å². The minimum Gasteiger partial charge on any atom is -0.380 e. The van der Waals surface area contributed by atoms with E-state index in [4.69, 9.17) is 10.5 Å². The number of carbonyl (C=O) groups is 1. The van der Waals surface area contributed by atoms with Crippen LogP contribution >= 0.6 is 36.2 Å². The standard InChI is InChI=1S/C12H21N3O2S.2ClH/c1-8-7-18-11(14-8)12(2,3)15-10(16)5-9(6-13)17-4;;/h7,9H,5-6,13H2,1-4H3,(H,15,16);2*1H. The van der Waals surface area contributed by atoms with Gasteiger partial charge in [0.2, 0.25) is 5.91 Å². The molecule has 1 amide bonds. The van der Waals surface area contributed by atoms with Gasteiger partial charge in [-0.2, -0.15) is 0 Å². The van der Waals surface area contributed by atoms with E-state index in [1.165, 1.54) is 0 Å². The minimum absolute atomic E-state index is 0. The van der Waals surface area contributed by atoms with Crippen molar-refractivity contribution in [2.75, 3.05) is 13.7 Å². The van der Waals surface area contributed by atoms with Crippen LogP contribution in [0.15, 0.2) is 5.38 Å². The SMILES string of the molecule is COC(CN)CC(=O)NC(C)(C)c1nc(C)cs1.Cl.Cl. The zero-order valence-corrected chi connectivity index (χ0v) is 14.6. The fourth-order valence-corrected chi connectivity index (χ4v) is 2.44. The van der Waals surface area contributed by atoms with Gasteiger partial charge >= 0.3 is 0 Å².